The molecule has 3 aromatic rings. The molecule has 9 heteroatoms. The predicted octanol–water partition coefficient (Wildman–Crippen LogP) is 3.24. The van der Waals surface area contributed by atoms with Crippen molar-refractivity contribution in [2.24, 2.45) is 0 Å². The largest absolute Gasteiger partial charge is 0.491 e. The summed E-state index contributed by atoms with van der Waals surface area (Å²) in [6.07, 6.45) is 3.45. The highest BCUT2D eigenvalue weighted by Crippen LogP contribution is 2.37. The minimum Gasteiger partial charge on any atom is -0.491 e. The fourth-order valence-corrected chi connectivity index (χ4v) is 3.23. The standard InChI is InChI=1S/C19H16ClFN4O3/c1-10-7-25(9-22-10)14-5-4-12(24-19(14)27-2)18(26)23-13-8-28-15-6-3-11(20)17(21)16(13)15/h3-7,9,13H,8H2,1-2H3,(H,23,26)/t13-/m1/s1. The number of pyridine rings is 1. The number of hydrogen-bond acceptors (Lipinski definition) is 5. The van der Waals surface area contributed by atoms with Crippen LogP contribution in [0, 0.1) is 12.7 Å². The van der Waals surface area contributed by atoms with Gasteiger partial charge in [0, 0.05) is 6.20 Å². The number of ether oxygens (including phenoxy) is 2. The predicted molar refractivity (Wildman–Crippen MR) is 99.8 cm³/mol. The molecule has 0 saturated heterocycles. The Morgan fingerprint density at radius 1 is 1.39 bits per heavy atom. The van der Waals surface area contributed by atoms with E-state index in [1.807, 2.05) is 13.1 Å². The SMILES string of the molecule is COc1nc(C(=O)N[C@@H]2COc3ccc(Cl)c(F)c32)ccc1-n1cnc(C)c1. The van der Waals surface area contributed by atoms with Crippen LogP contribution in [0.25, 0.3) is 5.69 Å². The van der Waals surface area contributed by atoms with Gasteiger partial charge in [0.1, 0.15) is 23.7 Å². The maximum Gasteiger partial charge on any atom is 0.270 e. The topological polar surface area (TPSA) is 78.3 Å². The number of halogens is 2. The van der Waals surface area contributed by atoms with Crippen LogP contribution < -0.4 is 14.8 Å². The molecule has 1 aliphatic heterocycles. The summed E-state index contributed by atoms with van der Waals surface area (Å²) in [6.45, 7) is 1.98. The van der Waals surface area contributed by atoms with E-state index in [1.165, 1.54) is 13.2 Å². The summed E-state index contributed by atoms with van der Waals surface area (Å²) in [6, 6.07) is 5.61. The van der Waals surface area contributed by atoms with Crippen LogP contribution in [0.2, 0.25) is 5.02 Å². The van der Waals surface area contributed by atoms with Crippen molar-refractivity contribution in [3.8, 4) is 17.3 Å². The third-order valence-corrected chi connectivity index (χ3v) is 4.70. The van der Waals surface area contributed by atoms with Gasteiger partial charge in [0.15, 0.2) is 5.82 Å². The van der Waals surface area contributed by atoms with E-state index in [4.69, 9.17) is 21.1 Å². The summed E-state index contributed by atoms with van der Waals surface area (Å²) in [4.78, 5) is 21.1. The molecule has 0 fully saturated rings. The summed E-state index contributed by atoms with van der Waals surface area (Å²) in [5.74, 6) is -0.447. The van der Waals surface area contributed by atoms with Crippen molar-refractivity contribution in [2.75, 3.05) is 13.7 Å². The van der Waals surface area contributed by atoms with Gasteiger partial charge in [-0.2, -0.15) is 0 Å². The molecule has 144 valence electrons. The van der Waals surface area contributed by atoms with Crippen LogP contribution in [0.3, 0.4) is 0 Å². The Balaban J connectivity index is 1.59. The van der Waals surface area contributed by atoms with Crippen LogP contribution in [0.5, 0.6) is 11.6 Å². The fraction of sp³-hybridized carbons (Fsp3) is 0.211. The van der Waals surface area contributed by atoms with E-state index in [2.05, 4.69) is 15.3 Å². The molecule has 1 aromatic carbocycles. The van der Waals surface area contributed by atoms with E-state index in [9.17, 15) is 9.18 Å². The molecule has 1 atom stereocenters. The van der Waals surface area contributed by atoms with E-state index in [0.29, 0.717) is 11.4 Å². The Bertz CT molecular complexity index is 1070. The van der Waals surface area contributed by atoms with E-state index < -0.39 is 17.8 Å². The van der Waals surface area contributed by atoms with Crippen molar-refractivity contribution < 1.29 is 18.7 Å². The van der Waals surface area contributed by atoms with Crippen molar-refractivity contribution in [3.63, 3.8) is 0 Å². The van der Waals surface area contributed by atoms with Gasteiger partial charge in [-0.25, -0.2) is 14.4 Å². The summed E-state index contributed by atoms with van der Waals surface area (Å²) in [5.41, 5.74) is 1.85. The number of nitrogens with one attached hydrogen (secondary N) is 1. The second-order valence-corrected chi connectivity index (χ2v) is 6.66. The Kier molecular flexibility index (Phi) is 4.64. The smallest absolute Gasteiger partial charge is 0.270 e. The first kappa shape index (κ1) is 18.2. The maximum atomic E-state index is 14.4. The molecule has 0 unspecified atom stereocenters. The van der Waals surface area contributed by atoms with E-state index in [-0.39, 0.29) is 28.8 Å². The lowest BCUT2D eigenvalue weighted by Gasteiger charge is -2.14. The number of nitrogens with zero attached hydrogens (tertiary/aromatic N) is 3. The average Bonchev–Trinajstić information content (AvgIpc) is 3.31. The number of hydrogen-bond donors (Lipinski definition) is 1. The summed E-state index contributed by atoms with van der Waals surface area (Å²) < 4.78 is 26.9. The molecule has 3 heterocycles. The number of benzene rings is 1. The molecule has 0 radical (unpaired) electrons. The van der Waals surface area contributed by atoms with Crippen molar-refractivity contribution in [1.82, 2.24) is 19.9 Å². The minimum atomic E-state index is -0.662. The number of fused-ring (bicyclic) bond motifs is 1. The van der Waals surface area contributed by atoms with E-state index in [0.717, 1.165) is 5.69 Å². The number of carbonyl (C=O) groups is 1. The first-order valence-corrected chi connectivity index (χ1v) is 8.83. The van der Waals surface area contributed by atoms with E-state index in [1.54, 1.807) is 29.1 Å². The number of aromatic nitrogens is 3. The zero-order valence-corrected chi connectivity index (χ0v) is 15.8. The third-order valence-electron chi connectivity index (χ3n) is 4.41. The van der Waals surface area contributed by atoms with Gasteiger partial charge >= 0.3 is 0 Å². The Labute approximate surface area is 165 Å². The number of rotatable bonds is 4. The molecule has 0 spiro atoms. The molecular weight excluding hydrogens is 387 g/mol. The van der Waals surface area contributed by atoms with Crippen molar-refractivity contribution >= 4 is 17.5 Å². The molecule has 7 nitrogen and oxygen atoms in total. The van der Waals surface area contributed by atoms with Gasteiger partial charge < -0.3 is 19.4 Å². The minimum absolute atomic E-state index is 0.0247. The maximum absolute atomic E-state index is 14.4. The van der Waals surface area contributed by atoms with Gasteiger partial charge in [-0.1, -0.05) is 11.6 Å². The third kappa shape index (κ3) is 3.16. The number of amides is 1. The molecule has 4 rings (SSSR count). The molecule has 1 N–H and O–H groups in total. The lowest BCUT2D eigenvalue weighted by atomic mass is 10.1. The Hall–Kier alpha value is -3.13. The number of methoxy groups -OCH3 is 1. The first-order valence-electron chi connectivity index (χ1n) is 8.45. The molecule has 0 saturated carbocycles. The molecule has 1 amide bonds. The second-order valence-electron chi connectivity index (χ2n) is 6.26. The van der Waals surface area contributed by atoms with Gasteiger partial charge in [0.25, 0.3) is 5.91 Å². The lowest BCUT2D eigenvalue weighted by molar-refractivity contribution is 0.0924. The Morgan fingerprint density at radius 3 is 2.93 bits per heavy atom. The van der Waals surface area contributed by atoms with Crippen molar-refractivity contribution in [3.05, 3.63) is 64.6 Å². The highest BCUT2D eigenvalue weighted by atomic mass is 35.5. The van der Waals surface area contributed by atoms with Crippen LogP contribution in [-0.2, 0) is 0 Å². The number of aryl methyl sites for hydroxylation is 1. The van der Waals surface area contributed by atoms with Gasteiger partial charge in [-0.15, -0.1) is 0 Å². The van der Waals surface area contributed by atoms with Crippen LogP contribution in [0.1, 0.15) is 27.8 Å². The summed E-state index contributed by atoms with van der Waals surface area (Å²) >= 11 is 5.85. The zero-order valence-electron chi connectivity index (χ0n) is 15.1. The second kappa shape index (κ2) is 7.12. The quantitative estimate of drug-likeness (QED) is 0.724. The lowest BCUT2D eigenvalue weighted by Crippen LogP contribution is -2.30. The van der Waals surface area contributed by atoms with Crippen molar-refractivity contribution in [1.29, 1.82) is 0 Å². The average molecular weight is 403 g/mol. The first-order chi connectivity index (χ1) is 13.5. The molecule has 2 aromatic heterocycles. The molecular formula is C19H16ClFN4O3. The zero-order chi connectivity index (χ0) is 19.8. The van der Waals surface area contributed by atoms with Crippen molar-refractivity contribution in [2.45, 2.75) is 13.0 Å². The van der Waals surface area contributed by atoms with Gasteiger partial charge in [0.05, 0.1) is 35.8 Å². The molecule has 28 heavy (non-hydrogen) atoms. The van der Waals surface area contributed by atoms with Crippen LogP contribution in [0.4, 0.5) is 4.39 Å². The van der Waals surface area contributed by atoms with Gasteiger partial charge in [-0.3, -0.25) is 4.79 Å². The number of imidazole rings is 1. The van der Waals surface area contributed by atoms with E-state index >= 15 is 0 Å². The van der Waals surface area contributed by atoms with Crippen LogP contribution in [0.15, 0.2) is 36.8 Å². The Morgan fingerprint density at radius 2 is 2.21 bits per heavy atom. The van der Waals surface area contributed by atoms with Gasteiger partial charge in [-0.05, 0) is 31.2 Å². The summed E-state index contributed by atoms with van der Waals surface area (Å²) in [7, 11) is 1.47. The normalized spacial score (nSPS) is 15.1. The molecule has 1 aliphatic rings. The number of carbonyl (C=O) groups excluding carboxylic acids is 1. The fourth-order valence-electron chi connectivity index (χ4n) is 3.06. The van der Waals surface area contributed by atoms with Gasteiger partial charge in [0.2, 0.25) is 5.88 Å². The molecule has 0 bridgehead atoms. The highest BCUT2D eigenvalue weighted by molar-refractivity contribution is 6.30. The van der Waals surface area contributed by atoms with Crippen LogP contribution in [-0.4, -0.2) is 34.2 Å². The molecule has 0 aliphatic carbocycles. The van der Waals surface area contributed by atoms with Crippen LogP contribution >= 0.6 is 11.6 Å². The summed E-state index contributed by atoms with van der Waals surface area (Å²) in [5, 5.41) is 2.71. The monoisotopic (exact) mass is 402 g/mol. The highest BCUT2D eigenvalue weighted by Gasteiger charge is 2.31.